The average molecular weight is 386 g/mol. The predicted molar refractivity (Wildman–Crippen MR) is 110 cm³/mol. The van der Waals surface area contributed by atoms with Crippen LogP contribution in [0.1, 0.15) is 35.5 Å². The lowest BCUT2D eigenvalue weighted by molar-refractivity contribution is 0.0437. The molecule has 1 amide bonds. The molecular weight excluding hydrogens is 356 g/mol. The van der Waals surface area contributed by atoms with E-state index in [9.17, 15) is 9.90 Å². The van der Waals surface area contributed by atoms with E-state index in [2.05, 4.69) is 15.6 Å². The van der Waals surface area contributed by atoms with Gasteiger partial charge in [0.05, 0.1) is 12.8 Å². The number of hydrogen-bond donors (Lipinski definition) is 3. The Labute approximate surface area is 166 Å². The fraction of sp³-hybridized carbons (Fsp3) is 0.429. The molecular formula is C21H30N4O3. The highest BCUT2D eigenvalue weighted by Crippen LogP contribution is 2.21. The summed E-state index contributed by atoms with van der Waals surface area (Å²) in [5.41, 5.74) is 0.573. The Balaban J connectivity index is 1.95. The zero-order valence-corrected chi connectivity index (χ0v) is 17.0. The molecule has 1 atom stereocenters. The second-order valence-electron chi connectivity index (χ2n) is 7.02. The van der Waals surface area contributed by atoms with Crippen molar-refractivity contribution < 1.29 is 14.3 Å². The van der Waals surface area contributed by atoms with Crippen LogP contribution < -0.4 is 10.6 Å². The number of aliphatic imine (C=N–C) groups is 1. The summed E-state index contributed by atoms with van der Waals surface area (Å²) in [4.78, 5) is 18.1. The van der Waals surface area contributed by atoms with Gasteiger partial charge in [0.25, 0.3) is 5.91 Å². The molecule has 152 valence electrons. The smallest absolute Gasteiger partial charge is 0.253 e. The van der Waals surface area contributed by atoms with Crippen LogP contribution in [0.3, 0.4) is 0 Å². The van der Waals surface area contributed by atoms with Gasteiger partial charge >= 0.3 is 0 Å². The van der Waals surface area contributed by atoms with Crippen LogP contribution in [0.5, 0.6) is 0 Å². The summed E-state index contributed by atoms with van der Waals surface area (Å²) in [6, 6.07) is 11.1. The Morgan fingerprint density at radius 2 is 2.04 bits per heavy atom. The molecule has 0 saturated heterocycles. The molecule has 3 N–H and O–H groups in total. The largest absolute Gasteiger partial charge is 0.466 e. The molecule has 0 aliphatic carbocycles. The number of guanidine groups is 1. The first-order valence-electron chi connectivity index (χ1n) is 9.42. The number of rotatable bonds is 8. The van der Waals surface area contributed by atoms with E-state index in [4.69, 9.17) is 4.42 Å². The molecule has 1 heterocycles. The predicted octanol–water partition coefficient (Wildman–Crippen LogP) is 1.99. The summed E-state index contributed by atoms with van der Waals surface area (Å²) >= 11 is 0. The SMILES string of the molecule is CCNC(=NCC(C)(O)c1ccco1)NCCc1cccc(C(=O)N(C)C)c1. The number of benzene rings is 1. The number of aliphatic hydroxyl groups is 1. The van der Waals surface area contributed by atoms with Crippen molar-refractivity contribution in [3.05, 3.63) is 59.5 Å². The Kier molecular flexibility index (Phi) is 7.63. The highest BCUT2D eigenvalue weighted by Gasteiger charge is 2.26. The zero-order valence-electron chi connectivity index (χ0n) is 17.0. The Bertz CT molecular complexity index is 783. The number of carbonyl (C=O) groups is 1. The molecule has 1 unspecified atom stereocenters. The van der Waals surface area contributed by atoms with E-state index >= 15 is 0 Å². The van der Waals surface area contributed by atoms with Gasteiger partial charge in [0.1, 0.15) is 11.4 Å². The molecule has 1 aromatic heterocycles. The number of hydrogen-bond acceptors (Lipinski definition) is 4. The molecule has 1 aromatic carbocycles. The number of nitrogens with zero attached hydrogens (tertiary/aromatic N) is 2. The molecule has 0 saturated carbocycles. The van der Waals surface area contributed by atoms with Gasteiger partial charge in [-0.15, -0.1) is 0 Å². The van der Waals surface area contributed by atoms with Crippen LogP contribution in [0.25, 0.3) is 0 Å². The van der Waals surface area contributed by atoms with Gasteiger partial charge in [0.15, 0.2) is 5.96 Å². The summed E-state index contributed by atoms with van der Waals surface area (Å²) in [6.07, 6.45) is 2.28. The fourth-order valence-electron chi connectivity index (χ4n) is 2.68. The number of nitrogens with one attached hydrogen (secondary N) is 2. The third kappa shape index (κ3) is 6.13. The summed E-state index contributed by atoms with van der Waals surface area (Å²) in [7, 11) is 3.49. The van der Waals surface area contributed by atoms with Gasteiger partial charge in [0, 0.05) is 32.7 Å². The molecule has 0 aliphatic heterocycles. The minimum Gasteiger partial charge on any atom is -0.466 e. The maximum atomic E-state index is 12.1. The maximum absolute atomic E-state index is 12.1. The molecule has 28 heavy (non-hydrogen) atoms. The van der Waals surface area contributed by atoms with E-state index in [1.165, 1.54) is 6.26 Å². The minimum atomic E-state index is -1.17. The zero-order chi connectivity index (χ0) is 20.6. The van der Waals surface area contributed by atoms with E-state index in [1.54, 1.807) is 38.1 Å². The highest BCUT2D eigenvalue weighted by atomic mass is 16.4. The lowest BCUT2D eigenvalue weighted by atomic mass is 10.0. The van der Waals surface area contributed by atoms with E-state index < -0.39 is 5.60 Å². The molecule has 7 heteroatoms. The van der Waals surface area contributed by atoms with Crippen LogP contribution in [0.15, 0.2) is 52.1 Å². The van der Waals surface area contributed by atoms with Crippen molar-refractivity contribution in [1.29, 1.82) is 0 Å². The lowest BCUT2D eigenvalue weighted by Gasteiger charge is -2.19. The summed E-state index contributed by atoms with van der Waals surface area (Å²) < 4.78 is 5.29. The third-order valence-electron chi connectivity index (χ3n) is 4.23. The minimum absolute atomic E-state index is 0.00938. The van der Waals surface area contributed by atoms with Crippen molar-refractivity contribution in [1.82, 2.24) is 15.5 Å². The van der Waals surface area contributed by atoms with E-state index in [0.717, 1.165) is 12.0 Å². The Morgan fingerprint density at radius 1 is 1.25 bits per heavy atom. The molecule has 0 spiro atoms. The molecule has 0 fully saturated rings. The second-order valence-corrected chi connectivity index (χ2v) is 7.02. The fourth-order valence-corrected chi connectivity index (χ4v) is 2.68. The van der Waals surface area contributed by atoms with Gasteiger partial charge in [-0.25, -0.2) is 4.99 Å². The van der Waals surface area contributed by atoms with Crippen molar-refractivity contribution >= 4 is 11.9 Å². The van der Waals surface area contributed by atoms with Crippen LogP contribution in [0.4, 0.5) is 0 Å². The van der Waals surface area contributed by atoms with Crippen molar-refractivity contribution in [3.63, 3.8) is 0 Å². The van der Waals surface area contributed by atoms with Gasteiger partial charge in [-0.05, 0) is 50.1 Å². The molecule has 0 aliphatic rings. The number of furan rings is 1. The summed E-state index contributed by atoms with van der Waals surface area (Å²) in [6.45, 7) is 5.18. The van der Waals surface area contributed by atoms with Crippen molar-refractivity contribution in [3.8, 4) is 0 Å². The topological polar surface area (TPSA) is 90.1 Å². The second kappa shape index (κ2) is 9.94. The quantitative estimate of drug-likeness (QED) is 0.477. The first-order valence-corrected chi connectivity index (χ1v) is 9.42. The molecule has 2 rings (SSSR count). The van der Waals surface area contributed by atoms with Crippen molar-refractivity contribution in [2.45, 2.75) is 25.9 Å². The monoisotopic (exact) mass is 386 g/mol. The molecule has 7 nitrogen and oxygen atoms in total. The van der Waals surface area contributed by atoms with Crippen LogP contribution in [0, 0.1) is 0 Å². The first-order chi connectivity index (χ1) is 13.3. The van der Waals surface area contributed by atoms with E-state index in [1.807, 2.05) is 31.2 Å². The lowest BCUT2D eigenvalue weighted by Crippen LogP contribution is -2.39. The van der Waals surface area contributed by atoms with Gasteiger partial charge in [-0.3, -0.25) is 4.79 Å². The van der Waals surface area contributed by atoms with E-state index in [-0.39, 0.29) is 12.5 Å². The van der Waals surface area contributed by atoms with Gasteiger partial charge in [0.2, 0.25) is 0 Å². The van der Waals surface area contributed by atoms with Crippen molar-refractivity contribution in [2.75, 3.05) is 33.7 Å². The van der Waals surface area contributed by atoms with Gasteiger partial charge in [-0.1, -0.05) is 12.1 Å². The standard InChI is InChI=1S/C21H30N4O3/c1-5-22-20(24-15-21(2,27)18-10-7-13-28-18)23-12-11-16-8-6-9-17(14-16)19(26)25(3)4/h6-10,13-14,27H,5,11-12,15H2,1-4H3,(H2,22,23,24). The number of carbonyl (C=O) groups excluding carboxylic acids is 1. The average Bonchev–Trinajstić information content (AvgIpc) is 3.21. The van der Waals surface area contributed by atoms with E-state index in [0.29, 0.717) is 30.4 Å². The maximum Gasteiger partial charge on any atom is 0.253 e. The Morgan fingerprint density at radius 3 is 2.68 bits per heavy atom. The molecule has 0 bridgehead atoms. The van der Waals surface area contributed by atoms with Crippen LogP contribution in [-0.2, 0) is 12.0 Å². The summed E-state index contributed by atoms with van der Waals surface area (Å²) in [5.74, 6) is 1.09. The number of amides is 1. The Hall–Kier alpha value is -2.80. The molecule has 2 aromatic rings. The van der Waals surface area contributed by atoms with Crippen LogP contribution in [0.2, 0.25) is 0 Å². The molecule has 0 radical (unpaired) electrons. The van der Waals surface area contributed by atoms with Crippen molar-refractivity contribution in [2.24, 2.45) is 4.99 Å². The third-order valence-corrected chi connectivity index (χ3v) is 4.23. The normalized spacial score (nSPS) is 13.7. The van der Waals surface area contributed by atoms with Crippen LogP contribution in [-0.4, -0.2) is 55.6 Å². The van der Waals surface area contributed by atoms with Gasteiger partial charge in [-0.2, -0.15) is 0 Å². The van der Waals surface area contributed by atoms with Crippen LogP contribution >= 0.6 is 0 Å². The first kappa shape index (κ1) is 21.5. The van der Waals surface area contributed by atoms with Gasteiger partial charge < -0.3 is 25.1 Å². The highest BCUT2D eigenvalue weighted by molar-refractivity contribution is 5.94. The summed E-state index contributed by atoms with van der Waals surface area (Å²) in [5, 5.41) is 17.0.